The number of halogens is 1. The molecule has 0 radical (unpaired) electrons. The fourth-order valence-electron chi connectivity index (χ4n) is 1.87. The molecule has 1 aliphatic rings. The van der Waals surface area contributed by atoms with Crippen LogP contribution in [0.2, 0.25) is 5.15 Å². The number of nitrogens with one attached hydrogen (secondary N) is 1. The zero-order chi connectivity index (χ0) is 13.4. The van der Waals surface area contributed by atoms with E-state index in [1.807, 2.05) is 6.92 Å². The fraction of sp³-hybridized carbons (Fsp3) is 0.700. The molecular formula is C10H16ClN3O3S. The maximum absolute atomic E-state index is 12.0. The molecule has 0 aliphatic carbocycles. The second-order valence-corrected chi connectivity index (χ2v) is 6.72. The smallest absolute Gasteiger partial charge is 0.261 e. The number of sulfonamides is 1. The Balaban J connectivity index is 2.10. The van der Waals surface area contributed by atoms with Crippen molar-refractivity contribution in [1.29, 1.82) is 0 Å². The monoisotopic (exact) mass is 293 g/mol. The Morgan fingerprint density at radius 2 is 2.39 bits per heavy atom. The third kappa shape index (κ3) is 2.69. The molecule has 8 heteroatoms. The van der Waals surface area contributed by atoms with Crippen molar-refractivity contribution in [2.75, 3.05) is 13.2 Å². The number of nitrogens with zero attached hydrogens (tertiary/aromatic N) is 2. The summed E-state index contributed by atoms with van der Waals surface area (Å²) in [6.07, 6.45) is 3.15. The zero-order valence-electron chi connectivity index (χ0n) is 10.3. The molecule has 1 unspecified atom stereocenters. The Bertz CT molecular complexity index is 535. The number of imidazole rings is 1. The lowest BCUT2D eigenvalue weighted by molar-refractivity contribution is 0.0250. The van der Waals surface area contributed by atoms with Crippen molar-refractivity contribution in [3.63, 3.8) is 0 Å². The maximum Gasteiger partial charge on any atom is 0.261 e. The lowest BCUT2D eigenvalue weighted by atomic mass is 10.0. The van der Waals surface area contributed by atoms with Crippen molar-refractivity contribution in [2.24, 2.45) is 7.05 Å². The summed E-state index contributed by atoms with van der Waals surface area (Å²) in [4.78, 5) is 3.79. The molecule has 1 atom stereocenters. The number of hydrogen-bond acceptors (Lipinski definition) is 4. The third-order valence-electron chi connectivity index (χ3n) is 3.03. The first-order valence-corrected chi connectivity index (χ1v) is 7.51. The van der Waals surface area contributed by atoms with Gasteiger partial charge in [0, 0.05) is 20.2 Å². The van der Waals surface area contributed by atoms with Gasteiger partial charge in [-0.05, 0) is 19.8 Å². The minimum atomic E-state index is -3.69. The lowest BCUT2D eigenvalue weighted by Gasteiger charge is -2.22. The minimum absolute atomic E-state index is 0.0972. The van der Waals surface area contributed by atoms with Crippen LogP contribution in [0, 0.1) is 0 Å². The Morgan fingerprint density at radius 1 is 1.67 bits per heavy atom. The quantitative estimate of drug-likeness (QED) is 0.896. The Labute approximate surface area is 111 Å². The van der Waals surface area contributed by atoms with Crippen LogP contribution < -0.4 is 4.72 Å². The zero-order valence-corrected chi connectivity index (χ0v) is 11.9. The highest BCUT2D eigenvalue weighted by Crippen LogP contribution is 2.25. The molecular weight excluding hydrogens is 278 g/mol. The molecule has 0 aromatic carbocycles. The van der Waals surface area contributed by atoms with Gasteiger partial charge in [-0.25, -0.2) is 18.1 Å². The predicted molar refractivity (Wildman–Crippen MR) is 67.0 cm³/mol. The van der Waals surface area contributed by atoms with E-state index in [0.717, 1.165) is 12.8 Å². The first-order chi connectivity index (χ1) is 8.34. The molecule has 0 bridgehead atoms. The van der Waals surface area contributed by atoms with E-state index in [4.69, 9.17) is 16.3 Å². The summed E-state index contributed by atoms with van der Waals surface area (Å²) in [7, 11) is -2.05. The third-order valence-corrected chi connectivity index (χ3v) is 4.92. The van der Waals surface area contributed by atoms with Crippen LogP contribution in [0.15, 0.2) is 11.4 Å². The van der Waals surface area contributed by atoms with E-state index in [1.54, 1.807) is 7.05 Å². The molecule has 1 aromatic heterocycles. The van der Waals surface area contributed by atoms with E-state index in [2.05, 4.69) is 9.71 Å². The van der Waals surface area contributed by atoms with Crippen LogP contribution in [0.4, 0.5) is 0 Å². The number of aromatic nitrogens is 2. The normalized spacial score (nSPS) is 24.6. The van der Waals surface area contributed by atoms with E-state index < -0.39 is 15.6 Å². The molecule has 1 saturated heterocycles. The average molecular weight is 294 g/mol. The van der Waals surface area contributed by atoms with Gasteiger partial charge in [0.2, 0.25) is 5.03 Å². The van der Waals surface area contributed by atoms with Crippen LogP contribution in [0.1, 0.15) is 19.8 Å². The van der Waals surface area contributed by atoms with Crippen LogP contribution in [0.3, 0.4) is 0 Å². The molecule has 1 N–H and O–H groups in total. The summed E-state index contributed by atoms with van der Waals surface area (Å²) in [6, 6.07) is 0. The van der Waals surface area contributed by atoms with E-state index in [9.17, 15) is 8.42 Å². The van der Waals surface area contributed by atoms with Gasteiger partial charge in [-0.2, -0.15) is 0 Å². The van der Waals surface area contributed by atoms with Crippen molar-refractivity contribution in [3.8, 4) is 0 Å². The highest BCUT2D eigenvalue weighted by Gasteiger charge is 2.32. The van der Waals surface area contributed by atoms with E-state index in [1.165, 1.54) is 10.9 Å². The van der Waals surface area contributed by atoms with Gasteiger partial charge in [0.25, 0.3) is 10.0 Å². The van der Waals surface area contributed by atoms with Crippen LogP contribution >= 0.6 is 11.6 Å². The molecule has 0 amide bonds. The maximum atomic E-state index is 12.0. The predicted octanol–water partition coefficient (Wildman–Crippen LogP) is 0.921. The van der Waals surface area contributed by atoms with Crippen LogP contribution in [-0.2, 0) is 21.8 Å². The van der Waals surface area contributed by atoms with E-state index in [0.29, 0.717) is 6.61 Å². The summed E-state index contributed by atoms with van der Waals surface area (Å²) in [5.41, 5.74) is -0.436. The molecule has 0 saturated carbocycles. The molecule has 1 aliphatic heterocycles. The van der Waals surface area contributed by atoms with Gasteiger partial charge >= 0.3 is 0 Å². The molecule has 0 spiro atoms. The topological polar surface area (TPSA) is 73.2 Å². The van der Waals surface area contributed by atoms with Gasteiger partial charge in [-0.1, -0.05) is 11.6 Å². The summed E-state index contributed by atoms with van der Waals surface area (Å²) in [5.74, 6) is 0. The summed E-state index contributed by atoms with van der Waals surface area (Å²) < 4.78 is 33.5. The summed E-state index contributed by atoms with van der Waals surface area (Å²) in [6.45, 7) is 2.79. The van der Waals surface area contributed by atoms with Gasteiger partial charge in [0.15, 0.2) is 0 Å². The SMILES string of the molecule is Cn1cnc(S(=O)(=O)NCC2(C)CCCO2)c1Cl. The van der Waals surface area contributed by atoms with Gasteiger partial charge in [-0.15, -0.1) is 0 Å². The number of aryl methyl sites for hydroxylation is 1. The number of ether oxygens (including phenoxy) is 1. The molecule has 1 fully saturated rings. The fourth-order valence-corrected chi connectivity index (χ4v) is 3.45. The van der Waals surface area contributed by atoms with Crippen LogP contribution in [0.25, 0.3) is 0 Å². The molecule has 1 aromatic rings. The highest BCUT2D eigenvalue weighted by molar-refractivity contribution is 7.89. The molecule has 6 nitrogen and oxygen atoms in total. The first-order valence-electron chi connectivity index (χ1n) is 5.64. The minimum Gasteiger partial charge on any atom is -0.374 e. The van der Waals surface area contributed by atoms with Gasteiger partial charge in [0.1, 0.15) is 5.15 Å². The summed E-state index contributed by atoms with van der Waals surface area (Å²) in [5, 5.41) is -0.0479. The molecule has 2 heterocycles. The molecule has 102 valence electrons. The van der Waals surface area contributed by atoms with Gasteiger partial charge in [-0.3, -0.25) is 0 Å². The van der Waals surface area contributed by atoms with Crippen molar-refractivity contribution in [1.82, 2.24) is 14.3 Å². The first kappa shape index (κ1) is 13.8. The second-order valence-electron chi connectivity index (χ2n) is 4.68. The molecule has 2 rings (SSSR count). The number of hydrogen-bond donors (Lipinski definition) is 1. The van der Waals surface area contributed by atoms with Gasteiger partial charge < -0.3 is 9.30 Å². The van der Waals surface area contributed by atoms with Crippen LogP contribution in [-0.4, -0.2) is 36.7 Å². The Kier molecular flexibility index (Phi) is 3.68. The number of rotatable bonds is 4. The average Bonchev–Trinajstić information content (AvgIpc) is 2.86. The second kappa shape index (κ2) is 4.80. The van der Waals surface area contributed by atoms with Crippen molar-refractivity contribution < 1.29 is 13.2 Å². The Hall–Kier alpha value is -0.630. The lowest BCUT2D eigenvalue weighted by Crippen LogP contribution is -2.40. The summed E-state index contributed by atoms with van der Waals surface area (Å²) >= 11 is 5.87. The van der Waals surface area contributed by atoms with E-state index >= 15 is 0 Å². The molecule has 18 heavy (non-hydrogen) atoms. The standard InChI is InChI=1S/C10H16ClN3O3S/c1-10(4-3-5-17-10)6-13-18(15,16)9-8(11)14(2)7-12-9/h7,13H,3-6H2,1-2H3. The largest absolute Gasteiger partial charge is 0.374 e. The van der Waals surface area contributed by atoms with E-state index in [-0.39, 0.29) is 16.7 Å². The van der Waals surface area contributed by atoms with Crippen molar-refractivity contribution in [2.45, 2.75) is 30.4 Å². The van der Waals surface area contributed by atoms with Crippen molar-refractivity contribution >= 4 is 21.6 Å². The highest BCUT2D eigenvalue weighted by atomic mass is 35.5. The Morgan fingerprint density at radius 3 is 2.89 bits per heavy atom. The van der Waals surface area contributed by atoms with Crippen molar-refractivity contribution in [3.05, 3.63) is 11.5 Å². The van der Waals surface area contributed by atoms with Crippen LogP contribution in [0.5, 0.6) is 0 Å². The van der Waals surface area contributed by atoms with Gasteiger partial charge in [0.05, 0.1) is 11.9 Å².